The first-order chi connectivity index (χ1) is 11.6. The van der Waals surface area contributed by atoms with Gasteiger partial charge >= 0.3 is 0 Å². The number of methoxy groups -OCH3 is 1. The molecule has 0 radical (unpaired) electrons. The highest BCUT2D eigenvalue weighted by Crippen LogP contribution is 2.34. The molecular formula is C17H25N3O4. The Labute approximate surface area is 142 Å². The van der Waals surface area contributed by atoms with Crippen LogP contribution in [0.15, 0.2) is 12.1 Å². The van der Waals surface area contributed by atoms with Crippen LogP contribution in [0.3, 0.4) is 0 Å². The Kier molecular flexibility index (Phi) is 5.20. The summed E-state index contributed by atoms with van der Waals surface area (Å²) in [5.41, 5.74) is 1.20. The normalized spacial score (nSPS) is 18.9. The van der Waals surface area contributed by atoms with Gasteiger partial charge in [-0.15, -0.1) is 0 Å². The minimum Gasteiger partial charge on any atom is -0.476 e. The predicted molar refractivity (Wildman–Crippen MR) is 89.5 cm³/mol. The van der Waals surface area contributed by atoms with Crippen molar-refractivity contribution in [3.05, 3.63) is 17.8 Å². The van der Waals surface area contributed by atoms with E-state index in [2.05, 4.69) is 15.2 Å². The van der Waals surface area contributed by atoms with Crippen LogP contribution in [0.2, 0.25) is 0 Å². The van der Waals surface area contributed by atoms with E-state index >= 15 is 0 Å². The lowest BCUT2D eigenvalue weighted by Gasteiger charge is -2.40. The SMILES string of the molecule is COC1CN(c2ccc(C(=O)NC(C)CO)nc2OCC2CC2)C1. The summed E-state index contributed by atoms with van der Waals surface area (Å²) in [6.07, 6.45) is 2.62. The van der Waals surface area contributed by atoms with E-state index < -0.39 is 0 Å². The van der Waals surface area contributed by atoms with E-state index in [0.29, 0.717) is 24.1 Å². The Hall–Kier alpha value is -1.86. The zero-order valence-corrected chi connectivity index (χ0v) is 14.2. The Balaban J connectivity index is 1.74. The average Bonchev–Trinajstić information content (AvgIpc) is 3.36. The molecule has 1 amide bonds. The Bertz CT molecular complexity index is 585. The van der Waals surface area contributed by atoms with Gasteiger partial charge in [-0.25, -0.2) is 4.98 Å². The molecule has 2 aliphatic rings. The van der Waals surface area contributed by atoms with E-state index in [4.69, 9.17) is 14.6 Å². The van der Waals surface area contributed by atoms with E-state index in [1.807, 2.05) is 6.07 Å². The third-order valence-electron chi connectivity index (χ3n) is 4.40. The second-order valence-corrected chi connectivity index (χ2v) is 6.59. The van der Waals surface area contributed by atoms with Gasteiger partial charge in [0.15, 0.2) is 0 Å². The van der Waals surface area contributed by atoms with E-state index in [9.17, 15) is 4.79 Å². The minimum absolute atomic E-state index is 0.110. The molecule has 1 saturated heterocycles. The number of nitrogens with zero attached hydrogens (tertiary/aromatic N) is 2. The summed E-state index contributed by atoms with van der Waals surface area (Å²) in [7, 11) is 1.71. The molecule has 1 saturated carbocycles. The van der Waals surface area contributed by atoms with Gasteiger partial charge in [0.1, 0.15) is 11.4 Å². The third kappa shape index (κ3) is 3.96. The number of ether oxygens (including phenoxy) is 2. The summed E-state index contributed by atoms with van der Waals surface area (Å²) in [4.78, 5) is 18.8. The Morgan fingerprint density at radius 1 is 1.46 bits per heavy atom. The number of anilines is 1. The van der Waals surface area contributed by atoms with Crippen LogP contribution in [0, 0.1) is 5.92 Å². The van der Waals surface area contributed by atoms with Crippen molar-refractivity contribution >= 4 is 11.6 Å². The fourth-order valence-electron chi connectivity index (χ4n) is 2.52. The molecule has 2 N–H and O–H groups in total. The highest BCUT2D eigenvalue weighted by molar-refractivity contribution is 5.93. The molecule has 1 unspecified atom stereocenters. The fraction of sp³-hybridized carbons (Fsp3) is 0.647. The molecule has 0 bridgehead atoms. The largest absolute Gasteiger partial charge is 0.476 e. The molecule has 0 aromatic carbocycles. The lowest BCUT2D eigenvalue weighted by atomic mass is 10.1. The highest BCUT2D eigenvalue weighted by atomic mass is 16.5. The molecule has 1 aliphatic heterocycles. The van der Waals surface area contributed by atoms with Crippen molar-refractivity contribution in [3.8, 4) is 5.88 Å². The summed E-state index contributed by atoms with van der Waals surface area (Å²) in [6.45, 7) is 3.86. The number of aliphatic hydroxyl groups excluding tert-OH is 1. The van der Waals surface area contributed by atoms with Gasteiger partial charge in [0, 0.05) is 26.2 Å². The van der Waals surface area contributed by atoms with Gasteiger partial charge in [0.25, 0.3) is 5.91 Å². The number of carbonyl (C=O) groups excluding carboxylic acids is 1. The van der Waals surface area contributed by atoms with Crippen LogP contribution < -0.4 is 15.0 Å². The number of carbonyl (C=O) groups is 1. The summed E-state index contributed by atoms with van der Waals surface area (Å²) < 4.78 is 11.2. The monoisotopic (exact) mass is 335 g/mol. The summed E-state index contributed by atoms with van der Waals surface area (Å²) in [5, 5.41) is 11.8. The minimum atomic E-state index is -0.312. The van der Waals surface area contributed by atoms with E-state index in [1.165, 1.54) is 12.8 Å². The number of pyridine rings is 1. The van der Waals surface area contributed by atoms with Gasteiger partial charge in [-0.1, -0.05) is 0 Å². The number of aromatic nitrogens is 1. The number of hydrogen-bond donors (Lipinski definition) is 2. The lowest BCUT2D eigenvalue weighted by molar-refractivity contribution is 0.0782. The van der Waals surface area contributed by atoms with Crippen molar-refractivity contribution < 1.29 is 19.4 Å². The van der Waals surface area contributed by atoms with Crippen molar-refractivity contribution in [2.75, 3.05) is 38.3 Å². The Morgan fingerprint density at radius 2 is 2.21 bits per heavy atom. The van der Waals surface area contributed by atoms with Crippen molar-refractivity contribution in [2.45, 2.75) is 31.9 Å². The number of hydrogen-bond acceptors (Lipinski definition) is 6. The summed E-state index contributed by atoms with van der Waals surface area (Å²) in [6, 6.07) is 3.26. The summed E-state index contributed by atoms with van der Waals surface area (Å²) >= 11 is 0. The molecule has 132 valence electrons. The van der Waals surface area contributed by atoms with Crippen molar-refractivity contribution in [2.24, 2.45) is 5.92 Å². The number of amides is 1. The number of aliphatic hydroxyl groups is 1. The van der Waals surface area contributed by atoms with Crippen molar-refractivity contribution in [1.29, 1.82) is 0 Å². The zero-order valence-electron chi connectivity index (χ0n) is 14.2. The second kappa shape index (κ2) is 7.36. The first-order valence-electron chi connectivity index (χ1n) is 8.44. The van der Waals surface area contributed by atoms with Crippen LogP contribution in [0.5, 0.6) is 5.88 Å². The van der Waals surface area contributed by atoms with Crippen molar-refractivity contribution in [1.82, 2.24) is 10.3 Å². The highest BCUT2D eigenvalue weighted by Gasteiger charge is 2.30. The average molecular weight is 335 g/mol. The maximum Gasteiger partial charge on any atom is 0.270 e. The van der Waals surface area contributed by atoms with Gasteiger partial charge in [-0.05, 0) is 37.8 Å². The molecule has 1 atom stereocenters. The van der Waals surface area contributed by atoms with Gasteiger partial charge in [0.05, 0.1) is 19.3 Å². The van der Waals surface area contributed by atoms with Gasteiger partial charge in [-0.2, -0.15) is 0 Å². The maximum absolute atomic E-state index is 12.2. The molecule has 2 fully saturated rings. The van der Waals surface area contributed by atoms with E-state index in [1.54, 1.807) is 20.1 Å². The second-order valence-electron chi connectivity index (χ2n) is 6.59. The van der Waals surface area contributed by atoms with Gasteiger partial charge in [0.2, 0.25) is 5.88 Å². The molecular weight excluding hydrogens is 310 g/mol. The van der Waals surface area contributed by atoms with Gasteiger partial charge in [-0.3, -0.25) is 4.79 Å². The van der Waals surface area contributed by atoms with E-state index in [0.717, 1.165) is 18.8 Å². The van der Waals surface area contributed by atoms with Crippen LogP contribution in [0.1, 0.15) is 30.3 Å². The molecule has 7 heteroatoms. The Morgan fingerprint density at radius 3 is 2.83 bits per heavy atom. The predicted octanol–water partition coefficient (Wildman–Crippen LogP) is 0.816. The number of rotatable bonds is 8. The maximum atomic E-state index is 12.2. The molecule has 1 aromatic rings. The molecule has 1 aromatic heterocycles. The molecule has 3 rings (SSSR count). The van der Waals surface area contributed by atoms with Crippen LogP contribution >= 0.6 is 0 Å². The topological polar surface area (TPSA) is 83.9 Å². The lowest BCUT2D eigenvalue weighted by Crippen LogP contribution is -2.52. The number of nitrogens with one attached hydrogen (secondary N) is 1. The van der Waals surface area contributed by atoms with Crippen LogP contribution in [-0.4, -0.2) is 61.6 Å². The van der Waals surface area contributed by atoms with Crippen LogP contribution in [-0.2, 0) is 4.74 Å². The van der Waals surface area contributed by atoms with Crippen LogP contribution in [0.4, 0.5) is 5.69 Å². The molecule has 1 aliphatic carbocycles. The first-order valence-corrected chi connectivity index (χ1v) is 8.44. The molecule has 2 heterocycles. The quantitative estimate of drug-likeness (QED) is 0.732. The smallest absolute Gasteiger partial charge is 0.270 e. The van der Waals surface area contributed by atoms with E-state index in [-0.39, 0.29) is 24.7 Å². The fourth-order valence-corrected chi connectivity index (χ4v) is 2.52. The van der Waals surface area contributed by atoms with Crippen LogP contribution in [0.25, 0.3) is 0 Å². The first kappa shape index (κ1) is 17.0. The zero-order chi connectivity index (χ0) is 17.1. The molecule has 24 heavy (non-hydrogen) atoms. The third-order valence-corrected chi connectivity index (χ3v) is 4.40. The molecule has 0 spiro atoms. The van der Waals surface area contributed by atoms with Gasteiger partial charge < -0.3 is 24.8 Å². The standard InChI is InChI=1S/C17H25N3O4/c1-11(9-21)18-16(22)14-5-6-15(20-7-13(8-20)23-2)17(19-14)24-10-12-3-4-12/h5-6,11-13,21H,3-4,7-10H2,1-2H3,(H,18,22). The van der Waals surface area contributed by atoms with Crippen molar-refractivity contribution in [3.63, 3.8) is 0 Å². The molecule has 7 nitrogen and oxygen atoms in total. The summed E-state index contributed by atoms with van der Waals surface area (Å²) in [5.74, 6) is 0.799.